The van der Waals surface area contributed by atoms with Crippen molar-refractivity contribution in [2.75, 3.05) is 11.9 Å². The van der Waals surface area contributed by atoms with Crippen LogP contribution < -0.4 is 10.2 Å². The monoisotopic (exact) mass is 352 g/mol. The van der Waals surface area contributed by atoms with E-state index in [1.165, 1.54) is 12.1 Å². The van der Waals surface area contributed by atoms with Gasteiger partial charge in [0.2, 0.25) is 5.91 Å². The molecule has 134 valence electrons. The van der Waals surface area contributed by atoms with Crippen molar-refractivity contribution in [2.45, 2.75) is 31.2 Å². The molecule has 2 aliphatic rings. The average Bonchev–Trinajstić information content (AvgIpc) is 3.56. The van der Waals surface area contributed by atoms with Crippen LogP contribution in [-0.2, 0) is 4.79 Å². The van der Waals surface area contributed by atoms with Gasteiger partial charge in [-0.1, -0.05) is 24.3 Å². The predicted octanol–water partition coefficient (Wildman–Crippen LogP) is 3.48. The number of anilines is 1. The number of nitrogens with zero attached hydrogens (tertiary/aromatic N) is 1. The molecule has 4 rings (SSSR count). The van der Waals surface area contributed by atoms with Crippen molar-refractivity contribution in [3.63, 3.8) is 0 Å². The molecule has 2 aromatic carbocycles. The van der Waals surface area contributed by atoms with Crippen LogP contribution in [0.25, 0.3) is 0 Å². The minimum absolute atomic E-state index is 0.0467. The van der Waals surface area contributed by atoms with E-state index >= 15 is 0 Å². The van der Waals surface area contributed by atoms with Gasteiger partial charge in [0.25, 0.3) is 5.91 Å². The Kier molecular flexibility index (Phi) is 4.23. The number of carbonyl (C=O) groups is 2. The van der Waals surface area contributed by atoms with Gasteiger partial charge >= 0.3 is 0 Å². The molecule has 1 N–H and O–H groups in total. The lowest BCUT2D eigenvalue weighted by atomic mass is 10.1. The number of amides is 2. The summed E-state index contributed by atoms with van der Waals surface area (Å²) in [4.78, 5) is 26.7. The van der Waals surface area contributed by atoms with E-state index in [1.807, 2.05) is 6.07 Å². The Morgan fingerprint density at radius 1 is 1.08 bits per heavy atom. The molecule has 26 heavy (non-hydrogen) atoms. The van der Waals surface area contributed by atoms with Gasteiger partial charge in [-0.2, -0.15) is 0 Å². The molecule has 0 spiro atoms. The van der Waals surface area contributed by atoms with Crippen molar-refractivity contribution >= 4 is 17.5 Å². The summed E-state index contributed by atoms with van der Waals surface area (Å²) in [5.74, 6) is -0.0428. The van der Waals surface area contributed by atoms with Crippen LogP contribution in [0.15, 0.2) is 48.5 Å². The lowest BCUT2D eigenvalue weighted by Crippen LogP contribution is -2.32. The maximum absolute atomic E-state index is 13.0. The summed E-state index contributed by atoms with van der Waals surface area (Å²) in [6.07, 6.45) is 2.70. The fourth-order valence-electron chi connectivity index (χ4n) is 3.36. The standard InChI is InChI=1S/C21H21FN2O2/c1-24(21(26)14-6-7-14)19-5-3-2-4-16(19)20(25)23-18-12-17(18)13-8-10-15(22)11-9-13/h2-5,8-11,14,17-18H,6-7,12H2,1H3,(H,23,25)/t17-,18+/m1/s1. The van der Waals surface area contributed by atoms with Gasteiger partial charge in [-0.15, -0.1) is 0 Å². The Morgan fingerprint density at radius 2 is 1.77 bits per heavy atom. The van der Waals surface area contributed by atoms with Gasteiger partial charge in [-0.25, -0.2) is 4.39 Å². The molecule has 0 saturated heterocycles. The Balaban J connectivity index is 1.46. The summed E-state index contributed by atoms with van der Waals surface area (Å²) >= 11 is 0. The van der Waals surface area contributed by atoms with Gasteiger partial charge in [0.05, 0.1) is 11.3 Å². The first kappa shape index (κ1) is 16.8. The molecule has 0 unspecified atom stereocenters. The molecular formula is C21H21FN2O2. The van der Waals surface area contributed by atoms with E-state index in [1.54, 1.807) is 42.3 Å². The van der Waals surface area contributed by atoms with E-state index in [4.69, 9.17) is 0 Å². The molecule has 2 fully saturated rings. The van der Waals surface area contributed by atoms with Crippen molar-refractivity contribution in [1.82, 2.24) is 5.32 Å². The third-order valence-corrected chi connectivity index (χ3v) is 5.17. The van der Waals surface area contributed by atoms with E-state index in [9.17, 15) is 14.0 Å². The van der Waals surface area contributed by atoms with Gasteiger partial charge in [0.1, 0.15) is 5.82 Å². The van der Waals surface area contributed by atoms with E-state index in [0.29, 0.717) is 11.3 Å². The van der Waals surface area contributed by atoms with E-state index < -0.39 is 0 Å². The van der Waals surface area contributed by atoms with Gasteiger partial charge in [0, 0.05) is 24.9 Å². The highest BCUT2D eigenvalue weighted by atomic mass is 19.1. The molecule has 2 amide bonds. The number of halogens is 1. The van der Waals surface area contributed by atoms with Crippen LogP contribution in [0, 0.1) is 11.7 Å². The molecule has 0 aromatic heterocycles. The molecule has 0 bridgehead atoms. The maximum atomic E-state index is 13.0. The lowest BCUT2D eigenvalue weighted by molar-refractivity contribution is -0.119. The van der Waals surface area contributed by atoms with Crippen LogP contribution in [0.5, 0.6) is 0 Å². The second-order valence-electron chi connectivity index (χ2n) is 7.16. The van der Waals surface area contributed by atoms with Crippen molar-refractivity contribution in [3.8, 4) is 0 Å². The number of para-hydroxylation sites is 1. The number of benzene rings is 2. The molecular weight excluding hydrogens is 331 g/mol. The van der Waals surface area contributed by atoms with Crippen LogP contribution >= 0.6 is 0 Å². The highest BCUT2D eigenvalue weighted by Crippen LogP contribution is 2.41. The number of hydrogen-bond donors (Lipinski definition) is 1. The second-order valence-corrected chi connectivity index (χ2v) is 7.16. The van der Waals surface area contributed by atoms with Crippen molar-refractivity contribution in [1.29, 1.82) is 0 Å². The highest BCUT2D eigenvalue weighted by Gasteiger charge is 2.40. The number of rotatable bonds is 5. The molecule has 2 saturated carbocycles. The quantitative estimate of drug-likeness (QED) is 0.896. The predicted molar refractivity (Wildman–Crippen MR) is 97.6 cm³/mol. The van der Waals surface area contributed by atoms with Crippen LogP contribution in [-0.4, -0.2) is 24.9 Å². The highest BCUT2D eigenvalue weighted by molar-refractivity contribution is 6.05. The zero-order valence-corrected chi connectivity index (χ0v) is 14.6. The lowest BCUT2D eigenvalue weighted by Gasteiger charge is -2.20. The van der Waals surface area contributed by atoms with E-state index in [2.05, 4.69) is 5.32 Å². The molecule has 4 nitrogen and oxygen atoms in total. The topological polar surface area (TPSA) is 49.4 Å². The normalized spacial score (nSPS) is 21.2. The SMILES string of the molecule is CN(C(=O)C1CC1)c1ccccc1C(=O)N[C@H]1C[C@@H]1c1ccc(F)cc1. The first-order valence-corrected chi connectivity index (χ1v) is 8.97. The van der Waals surface area contributed by atoms with Gasteiger partial charge in [-0.3, -0.25) is 9.59 Å². The van der Waals surface area contributed by atoms with Crippen molar-refractivity contribution < 1.29 is 14.0 Å². The summed E-state index contributed by atoms with van der Waals surface area (Å²) in [6, 6.07) is 13.7. The molecule has 0 heterocycles. The Hall–Kier alpha value is -2.69. The van der Waals surface area contributed by atoms with Crippen molar-refractivity contribution in [2.24, 2.45) is 5.92 Å². The number of carbonyl (C=O) groups excluding carboxylic acids is 2. The third kappa shape index (κ3) is 3.34. The molecule has 2 atom stereocenters. The van der Waals surface area contributed by atoms with E-state index in [-0.39, 0.29) is 35.5 Å². The van der Waals surface area contributed by atoms with Gasteiger partial charge in [0.15, 0.2) is 0 Å². The van der Waals surface area contributed by atoms with Crippen LogP contribution in [0.4, 0.5) is 10.1 Å². The minimum Gasteiger partial charge on any atom is -0.349 e. The first-order chi connectivity index (χ1) is 12.5. The smallest absolute Gasteiger partial charge is 0.253 e. The van der Waals surface area contributed by atoms with Crippen molar-refractivity contribution in [3.05, 3.63) is 65.5 Å². The zero-order chi connectivity index (χ0) is 18.3. The molecule has 2 aromatic rings. The number of hydrogen-bond acceptors (Lipinski definition) is 2. The Labute approximate surface area is 152 Å². The molecule has 0 radical (unpaired) electrons. The summed E-state index contributed by atoms with van der Waals surface area (Å²) < 4.78 is 13.0. The minimum atomic E-state index is -0.257. The second kappa shape index (κ2) is 6.56. The van der Waals surface area contributed by atoms with Crippen LogP contribution in [0.3, 0.4) is 0 Å². The van der Waals surface area contributed by atoms with E-state index in [0.717, 1.165) is 24.8 Å². The third-order valence-electron chi connectivity index (χ3n) is 5.17. The fraction of sp³-hybridized carbons (Fsp3) is 0.333. The Morgan fingerprint density at radius 3 is 2.46 bits per heavy atom. The summed E-state index contributed by atoms with van der Waals surface area (Å²) in [6.45, 7) is 0. The summed E-state index contributed by atoms with van der Waals surface area (Å²) in [5, 5.41) is 3.04. The summed E-state index contributed by atoms with van der Waals surface area (Å²) in [5.41, 5.74) is 2.18. The largest absolute Gasteiger partial charge is 0.349 e. The molecule has 0 aliphatic heterocycles. The van der Waals surface area contributed by atoms with Crippen LogP contribution in [0.1, 0.15) is 41.1 Å². The summed E-state index contributed by atoms with van der Waals surface area (Å²) in [7, 11) is 1.73. The van der Waals surface area contributed by atoms with Gasteiger partial charge in [-0.05, 0) is 49.1 Å². The fourth-order valence-corrected chi connectivity index (χ4v) is 3.36. The average molecular weight is 352 g/mol. The van der Waals surface area contributed by atoms with Gasteiger partial charge < -0.3 is 10.2 Å². The first-order valence-electron chi connectivity index (χ1n) is 8.97. The molecule has 2 aliphatic carbocycles. The maximum Gasteiger partial charge on any atom is 0.253 e. The zero-order valence-electron chi connectivity index (χ0n) is 14.6. The molecule has 5 heteroatoms. The number of nitrogens with one attached hydrogen (secondary N) is 1. The van der Waals surface area contributed by atoms with Crippen LogP contribution in [0.2, 0.25) is 0 Å². The Bertz CT molecular complexity index is 845.